The molecule has 13 heavy (non-hydrogen) atoms. The molecule has 0 unspecified atom stereocenters. The van der Waals surface area contributed by atoms with Crippen LogP contribution in [0.3, 0.4) is 0 Å². The van der Waals surface area contributed by atoms with Crippen molar-refractivity contribution in [3.63, 3.8) is 0 Å². The lowest BCUT2D eigenvalue weighted by Crippen LogP contribution is -2.10. The summed E-state index contributed by atoms with van der Waals surface area (Å²) in [6.07, 6.45) is 1.94. The molecule has 5 heteroatoms. The van der Waals surface area contributed by atoms with Crippen molar-refractivity contribution in [1.29, 1.82) is 0 Å². The van der Waals surface area contributed by atoms with Gasteiger partial charge in [0.05, 0.1) is 12.7 Å². The molecule has 0 rings (SSSR count). The maximum absolute atomic E-state index is 10.7. The van der Waals surface area contributed by atoms with Crippen molar-refractivity contribution in [2.75, 3.05) is 6.61 Å². The Morgan fingerprint density at radius 2 is 2.00 bits per heavy atom. The van der Waals surface area contributed by atoms with Crippen LogP contribution in [0.15, 0.2) is 11.8 Å². The maximum Gasteiger partial charge on any atom is 0.373 e. The second-order valence-corrected chi connectivity index (χ2v) is 2.36. The van der Waals surface area contributed by atoms with E-state index in [-0.39, 0.29) is 6.61 Å². The number of esters is 1. The lowest BCUT2D eigenvalue weighted by Gasteiger charge is -2.01. The average molecular weight is 188 g/mol. The minimum atomic E-state index is -1.38. The van der Waals surface area contributed by atoms with Crippen LogP contribution in [-0.4, -0.2) is 28.8 Å². The highest BCUT2D eigenvalue weighted by Gasteiger charge is 2.09. The first-order chi connectivity index (χ1) is 6.07. The number of unbranched alkanes of at least 4 members (excludes halogenated alkanes) is 1. The van der Waals surface area contributed by atoms with Crippen molar-refractivity contribution in [2.24, 2.45) is 0 Å². The van der Waals surface area contributed by atoms with Crippen molar-refractivity contribution < 1.29 is 24.5 Å². The van der Waals surface area contributed by atoms with Gasteiger partial charge in [0, 0.05) is 0 Å². The van der Waals surface area contributed by atoms with Crippen LogP contribution in [-0.2, 0) is 14.3 Å². The van der Waals surface area contributed by atoms with Crippen molar-refractivity contribution in [3.8, 4) is 0 Å². The topological polar surface area (TPSA) is 83.8 Å². The number of ether oxygens (including phenoxy) is 1. The zero-order valence-corrected chi connectivity index (χ0v) is 7.32. The van der Waals surface area contributed by atoms with Crippen LogP contribution >= 0.6 is 0 Å². The summed E-state index contributed by atoms with van der Waals surface area (Å²) in [5.74, 6) is -3.27. The molecule has 5 nitrogen and oxygen atoms in total. The van der Waals surface area contributed by atoms with E-state index >= 15 is 0 Å². The number of carbonyl (C=O) groups is 2. The molecule has 0 aromatic heterocycles. The van der Waals surface area contributed by atoms with Crippen LogP contribution in [0.5, 0.6) is 0 Å². The van der Waals surface area contributed by atoms with E-state index in [9.17, 15) is 9.59 Å². The van der Waals surface area contributed by atoms with Crippen molar-refractivity contribution in [2.45, 2.75) is 19.8 Å². The van der Waals surface area contributed by atoms with Gasteiger partial charge in [-0.3, -0.25) is 0 Å². The summed E-state index contributed by atoms with van der Waals surface area (Å²) in [6.45, 7) is 2.10. The number of hydrogen-bond donors (Lipinski definition) is 2. The molecule has 0 heterocycles. The van der Waals surface area contributed by atoms with E-state index in [0.717, 1.165) is 6.42 Å². The second kappa shape index (κ2) is 6.05. The Bertz CT molecular complexity index is 219. The number of rotatable bonds is 5. The molecule has 0 fully saturated rings. The minimum Gasteiger partial charge on any atom is -0.502 e. The molecule has 0 aromatic rings. The van der Waals surface area contributed by atoms with E-state index in [4.69, 9.17) is 10.2 Å². The highest BCUT2D eigenvalue weighted by molar-refractivity contribution is 5.93. The molecule has 0 saturated heterocycles. The third-order valence-electron chi connectivity index (χ3n) is 1.20. The Hall–Kier alpha value is -1.52. The predicted octanol–water partition coefficient (Wildman–Crippen LogP) is 0.856. The second-order valence-electron chi connectivity index (χ2n) is 2.36. The van der Waals surface area contributed by atoms with Gasteiger partial charge in [0.2, 0.25) is 5.76 Å². The molecule has 2 N–H and O–H groups in total. The third-order valence-corrected chi connectivity index (χ3v) is 1.20. The van der Waals surface area contributed by atoms with Crippen molar-refractivity contribution in [1.82, 2.24) is 0 Å². The summed E-state index contributed by atoms with van der Waals surface area (Å²) >= 11 is 0. The highest BCUT2D eigenvalue weighted by Crippen LogP contribution is 1.95. The molecule has 74 valence electrons. The van der Waals surface area contributed by atoms with Gasteiger partial charge in [-0.1, -0.05) is 13.3 Å². The van der Waals surface area contributed by atoms with Gasteiger partial charge in [-0.05, 0) is 6.42 Å². The summed E-state index contributed by atoms with van der Waals surface area (Å²) in [5, 5.41) is 17.0. The van der Waals surface area contributed by atoms with E-state index in [2.05, 4.69) is 4.74 Å². The van der Waals surface area contributed by atoms with Gasteiger partial charge in [-0.15, -0.1) is 0 Å². The maximum atomic E-state index is 10.7. The fraction of sp³-hybridized carbons (Fsp3) is 0.500. The summed E-state index contributed by atoms with van der Waals surface area (Å²) in [7, 11) is 0. The molecule has 0 aromatic carbocycles. The summed E-state index contributed by atoms with van der Waals surface area (Å²) < 4.78 is 4.52. The molecule has 0 aliphatic carbocycles. The fourth-order valence-corrected chi connectivity index (χ4v) is 0.559. The number of carboxylic acids is 1. The fourth-order valence-electron chi connectivity index (χ4n) is 0.559. The molecular formula is C8H12O5. The normalized spacial score (nSPS) is 11.0. The summed E-state index contributed by atoms with van der Waals surface area (Å²) in [4.78, 5) is 20.7. The minimum absolute atomic E-state index is 0.187. The Balaban J connectivity index is 3.90. The van der Waals surface area contributed by atoms with Crippen LogP contribution in [0.2, 0.25) is 0 Å². The van der Waals surface area contributed by atoms with E-state index in [1.807, 2.05) is 6.92 Å². The SMILES string of the molecule is CCCCOC(=O)/C(O)=C/C(=O)O. The number of aliphatic carboxylic acids is 1. The number of aliphatic hydroxyl groups is 1. The van der Waals surface area contributed by atoms with Gasteiger partial charge in [-0.2, -0.15) is 0 Å². The van der Waals surface area contributed by atoms with E-state index in [1.165, 1.54) is 0 Å². The molecule has 0 atom stereocenters. The molecular weight excluding hydrogens is 176 g/mol. The van der Waals surface area contributed by atoms with Crippen molar-refractivity contribution >= 4 is 11.9 Å². The highest BCUT2D eigenvalue weighted by atomic mass is 16.5. The van der Waals surface area contributed by atoms with E-state index in [0.29, 0.717) is 12.5 Å². The molecule has 0 aliphatic rings. The monoisotopic (exact) mass is 188 g/mol. The molecule has 0 spiro atoms. The number of hydrogen-bond acceptors (Lipinski definition) is 4. The standard InChI is InChI=1S/C8H12O5/c1-2-3-4-13-8(12)6(9)5-7(10)11/h5,9H,2-4H2,1H3,(H,10,11)/b6-5-. The summed E-state index contributed by atoms with van der Waals surface area (Å²) in [6, 6.07) is 0. The van der Waals surface area contributed by atoms with E-state index < -0.39 is 17.7 Å². The number of carbonyl (C=O) groups excluding carboxylic acids is 1. The van der Waals surface area contributed by atoms with Crippen LogP contribution in [0.1, 0.15) is 19.8 Å². The zero-order chi connectivity index (χ0) is 10.3. The lowest BCUT2D eigenvalue weighted by molar-refractivity contribution is -0.143. The Kier molecular flexibility index (Phi) is 5.34. The molecule has 0 aliphatic heterocycles. The Morgan fingerprint density at radius 1 is 1.38 bits per heavy atom. The number of carboxylic acid groups (broad SMARTS) is 1. The smallest absolute Gasteiger partial charge is 0.373 e. The molecule has 0 amide bonds. The van der Waals surface area contributed by atoms with Crippen LogP contribution < -0.4 is 0 Å². The van der Waals surface area contributed by atoms with Gasteiger partial charge < -0.3 is 14.9 Å². The third kappa shape index (κ3) is 5.72. The average Bonchev–Trinajstić information content (AvgIpc) is 2.03. The molecule has 0 saturated carbocycles. The van der Waals surface area contributed by atoms with Crippen molar-refractivity contribution in [3.05, 3.63) is 11.8 Å². The van der Waals surface area contributed by atoms with Gasteiger partial charge >= 0.3 is 11.9 Å². The van der Waals surface area contributed by atoms with Gasteiger partial charge in [0.25, 0.3) is 0 Å². The predicted molar refractivity (Wildman–Crippen MR) is 44.2 cm³/mol. The van der Waals surface area contributed by atoms with Gasteiger partial charge in [-0.25, -0.2) is 9.59 Å². The Labute approximate surface area is 75.6 Å². The molecule has 0 radical (unpaired) electrons. The van der Waals surface area contributed by atoms with Crippen LogP contribution in [0.4, 0.5) is 0 Å². The van der Waals surface area contributed by atoms with Gasteiger partial charge in [0.15, 0.2) is 0 Å². The lowest BCUT2D eigenvalue weighted by atomic mass is 10.4. The first-order valence-electron chi connectivity index (χ1n) is 3.88. The first-order valence-corrected chi connectivity index (χ1v) is 3.88. The molecule has 0 bridgehead atoms. The van der Waals surface area contributed by atoms with Gasteiger partial charge in [0.1, 0.15) is 0 Å². The first kappa shape index (κ1) is 11.5. The zero-order valence-electron chi connectivity index (χ0n) is 7.32. The largest absolute Gasteiger partial charge is 0.502 e. The van der Waals surface area contributed by atoms with E-state index in [1.54, 1.807) is 0 Å². The Morgan fingerprint density at radius 3 is 2.46 bits per heavy atom. The van der Waals surface area contributed by atoms with Crippen LogP contribution in [0.25, 0.3) is 0 Å². The van der Waals surface area contributed by atoms with Crippen LogP contribution in [0, 0.1) is 0 Å². The summed E-state index contributed by atoms with van der Waals surface area (Å²) in [5.41, 5.74) is 0. The quantitative estimate of drug-likeness (QED) is 0.289. The number of aliphatic hydroxyl groups excluding tert-OH is 1.